The maximum absolute atomic E-state index is 14.7. The number of likely N-dealkylation sites (N-methyl/N-ethyl adjacent to an activating group) is 1. The summed E-state index contributed by atoms with van der Waals surface area (Å²) in [6.07, 6.45) is 4.92. The molecule has 0 aliphatic carbocycles. The number of ether oxygens (including phenoxy) is 2. The van der Waals surface area contributed by atoms with Gasteiger partial charge in [-0.3, -0.25) is 14.7 Å². The third-order valence-corrected chi connectivity index (χ3v) is 6.07. The summed E-state index contributed by atoms with van der Waals surface area (Å²) in [6, 6.07) is 3.25. The van der Waals surface area contributed by atoms with E-state index in [2.05, 4.69) is 20.3 Å². The van der Waals surface area contributed by atoms with Crippen LogP contribution in [0.2, 0.25) is 0 Å². The van der Waals surface area contributed by atoms with Crippen molar-refractivity contribution in [3.63, 3.8) is 0 Å². The van der Waals surface area contributed by atoms with E-state index in [0.29, 0.717) is 47.0 Å². The number of hydrogen-bond donors (Lipinski definition) is 1. The number of aryl methyl sites for hydroxylation is 1. The summed E-state index contributed by atoms with van der Waals surface area (Å²) in [5, 5.41) is 3.40. The second-order valence-corrected chi connectivity index (χ2v) is 8.48. The molecule has 2 aliphatic heterocycles. The number of halogens is 1. The maximum atomic E-state index is 14.7. The Labute approximate surface area is 190 Å². The van der Waals surface area contributed by atoms with E-state index in [4.69, 9.17) is 14.5 Å². The predicted molar refractivity (Wildman–Crippen MR) is 120 cm³/mol. The Morgan fingerprint density at radius 1 is 1.12 bits per heavy atom. The Kier molecular flexibility index (Phi) is 5.76. The molecule has 1 aromatic carbocycles. The van der Waals surface area contributed by atoms with Gasteiger partial charge in [-0.2, -0.15) is 0 Å². The smallest absolute Gasteiger partial charge is 0.323 e. The lowest BCUT2D eigenvalue weighted by Gasteiger charge is -2.36. The number of fused-ring (bicyclic) bond motifs is 3. The van der Waals surface area contributed by atoms with Crippen molar-refractivity contribution >= 4 is 22.8 Å². The van der Waals surface area contributed by atoms with E-state index in [1.165, 1.54) is 0 Å². The second-order valence-electron chi connectivity index (χ2n) is 8.48. The molecule has 0 spiro atoms. The van der Waals surface area contributed by atoms with Crippen molar-refractivity contribution in [2.75, 3.05) is 32.1 Å². The molecule has 3 aromatic rings. The van der Waals surface area contributed by atoms with E-state index >= 15 is 0 Å². The average Bonchev–Trinajstić information content (AvgIpc) is 2.82. The number of alkyl halides is 1. The largest absolute Gasteiger partial charge is 0.487 e. The van der Waals surface area contributed by atoms with Crippen LogP contribution in [0.25, 0.3) is 22.2 Å². The molecule has 2 aliphatic rings. The standard InChI is InChI=1S/C23H25FN6O3/c1-13-25-8-14(9-26-13)17-3-4-18-21-22(17)32-11-15(24)12-33-23(31)19-7-16(5-6-30(19)2)28-20(29-21)10-27-18/h3-4,8-10,15-16,19H,5-7,11-12H2,1-2H3,(H,28,29)/t15?,16-,19-/m0/s1. The zero-order valence-corrected chi connectivity index (χ0v) is 18.5. The summed E-state index contributed by atoms with van der Waals surface area (Å²) in [5.41, 5.74) is 2.55. The third-order valence-electron chi connectivity index (χ3n) is 6.07. The minimum Gasteiger partial charge on any atom is -0.487 e. The molecule has 1 fully saturated rings. The van der Waals surface area contributed by atoms with Crippen molar-refractivity contribution < 1.29 is 18.7 Å². The number of carbonyl (C=O) groups is 1. The van der Waals surface area contributed by atoms with Gasteiger partial charge >= 0.3 is 5.97 Å². The van der Waals surface area contributed by atoms with Crippen LogP contribution in [0, 0.1) is 6.92 Å². The molecule has 0 saturated carbocycles. The summed E-state index contributed by atoms with van der Waals surface area (Å²) >= 11 is 0. The summed E-state index contributed by atoms with van der Waals surface area (Å²) < 4.78 is 25.9. The Morgan fingerprint density at radius 2 is 1.91 bits per heavy atom. The first-order chi connectivity index (χ1) is 16.0. The Hall–Kier alpha value is -3.40. The number of hydrogen-bond acceptors (Lipinski definition) is 9. The van der Waals surface area contributed by atoms with Crippen LogP contribution in [0.4, 0.5) is 10.2 Å². The molecule has 33 heavy (non-hydrogen) atoms. The number of nitrogens with one attached hydrogen (secondary N) is 1. The number of benzene rings is 1. The summed E-state index contributed by atoms with van der Waals surface area (Å²) in [7, 11) is 1.87. The molecule has 2 aromatic heterocycles. The maximum Gasteiger partial charge on any atom is 0.323 e. The number of anilines is 1. The third kappa shape index (κ3) is 4.43. The molecule has 172 valence electrons. The molecule has 0 amide bonds. The molecule has 4 heterocycles. The molecular weight excluding hydrogens is 427 g/mol. The van der Waals surface area contributed by atoms with Gasteiger partial charge in [0.15, 0.2) is 11.9 Å². The van der Waals surface area contributed by atoms with E-state index in [0.717, 1.165) is 12.0 Å². The summed E-state index contributed by atoms with van der Waals surface area (Å²) in [6.45, 7) is 1.85. The number of aromatic nitrogens is 4. The van der Waals surface area contributed by atoms with Crippen molar-refractivity contribution in [3.05, 3.63) is 36.5 Å². The SMILES string of the molecule is Cc1ncc(-c2ccc3ncc4nc3c2OCC(F)COC(=O)[C@@H]2C[C@H](CCN2C)N4)cn1. The molecular formula is C23H25FN6O3. The number of cyclic esters (lactones) is 1. The fourth-order valence-corrected chi connectivity index (χ4v) is 4.22. The highest BCUT2D eigenvalue weighted by Crippen LogP contribution is 2.36. The molecule has 10 heteroatoms. The van der Waals surface area contributed by atoms with Gasteiger partial charge in [-0.25, -0.2) is 19.3 Å². The first-order valence-corrected chi connectivity index (χ1v) is 11.0. The fourth-order valence-electron chi connectivity index (χ4n) is 4.22. The van der Waals surface area contributed by atoms with Crippen molar-refractivity contribution in [1.82, 2.24) is 24.8 Å². The molecule has 9 nitrogen and oxygen atoms in total. The van der Waals surface area contributed by atoms with Crippen LogP contribution >= 0.6 is 0 Å². The van der Waals surface area contributed by atoms with Gasteiger partial charge < -0.3 is 14.8 Å². The fraction of sp³-hybridized carbons (Fsp3) is 0.435. The normalized spacial score (nSPS) is 24.0. The zero-order valence-electron chi connectivity index (χ0n) is 18.5. The number of likely N-dealkylation sites (tertiary alicyclic amines) is 1. The van der Waals surface area contributed by atoms with Gasteiger partial charge in [0.05, 0.1) is 11.7 Å². The van der Waals surface area contributed by atoms with Crippen LogP contribution in [-0.4, -0.2) is 75.9 Å². The summed E-state index contributed by atoms with van der Waals surface area (Å²) in [5.74, 6) is 1.18. The lowest BCUT2D eigenvalue weighted by molar-refractivity contribution is -0.153. The number of rotatable bonds is 1. The molecule has 1 saturated heterocycles. The van der Waals surface area contributed by atoms with Crippen molar-refractivity contribution in [2.24, 2.45) is 0 Å². The molecule has 1 N–H and O–H groups in total. The average molecular weight is 452 g/mol. The number of piperidine rings is 1. The van der Waals surface area contributed by atoms with E-state index in [1.54, 1.807) is 25.5 Å². The predicted octanol–water partition coefficient (Wildman–Crippen LogP) is 2.54. The van der Waals surface area contributed by atoms with E-state index in [-0.39, 0.29) is 19.3 Å². The molecule has 5 rings (SSSR count). The van der Waals surface area contributed by atoms with Gasteiger partial charge in [-0.05, 0) is 38.9 Å². The Balaban J connectivity index is 1.59. The lowest BCUT2D eigenvalue weighted by Crippen LogP contribution is -2.49. The minimum absolute atomic E-state index is 0.00710. The first kappa shape index (κ1) is 21.4. The number of carbonyl (C=O) groups excluding carboxylic acids is 1. The van der Waals surface area contributed by atoms with Crippen molar-refractivity contribution in [2.45, 2.75) is 38.0 Å². The van der Waals surface area contributed by atoms with Crippen molar-refractivity contribution in [3.8, 4) is 16.9 Å². The monoisotopic (exact) mass is 452 g/mol. The number of nitrogens with zero attached hydrogens (tertiary/aromatic N) is 5. The van der Waals surface area contributed by atoms with Gasteiger partial charge in [0, 0.05) is 36.1 Å². The van der Waals surface area contributed by atoms with Crippen LogP contribution in [0.3, 0.4) is 0 Å². The molecule has 4 bridgehead atoms. The molecule has 3 atom stereocenters. The Morgan fingerprint density at radius 3 is 2.73 bits per heavy atom. The molecule has 1 unspecified atom stereocenters. The topological polar surface area (TPSA) is 102 Å². The molecule has 0 radical (unpaired) electrons. The highest BCUT2D eigenvalue weighted by atomic mass is 19.1. The number of esters is 1. The van der Waals surface area contributed by atoms with Crippen LogP contribution in [0.1, 0.15) is 18.7 Å². The van der Waals surface area contributed by atoms with Gasteiger partial charge in [0.2, 0.25) is 0 Å². The first-order valence-electron chi connectivity index (χ1n) is 11.0. The lowest BCUT2D eigenvalue weighted by atomic mass is 9.97. The summed E-state index contributed by atoms with van der Waals surface area (Å²) in [4.78, 5) is 32.4. The Bertz CT molecular complexity index is 1170. The van der Waals surface area contributed by atoms with Gasteiger partial charge in [-0.1, -0.05) is 0 Å². The van der Waals surface area contributed by atoms with Gasteiger partial charge in [0.1, 0.15) is 36.4 Å². The van der Waals surface area contributed by atoms with Crippen LogP contribution in [0.5, 0.6) is 5.75 Å². The highest BCUT2D eigenvalue weighted by Gasteiger charge is 2.33. The van der Waals surface area contributed by atoms with Crippen LogP contribution in [0.15, 0.2) is 30.7 Å². The minimum atomic E-state index is -1.49. The second kappa shape index (κ2) is 8.86. The zero-order chi connectivity index (χ0) is 22.9. The highest BCUT2D eigenvalue weighted by molar-refractivity contribution is 5.90. The van der Waals surface area contributed by atoms with E-state index in [9.17, 15) is 9.18 Å². The van der Waals surface area contributed by atoms with Crippen LogP contribution < -0.4 is 10.1 Å². The van der Waals surface area contributed by atoms with Crippen LogP contribution in [-0.2, 0) is 9.53 Å². The van der Waals surface area contributed by atoms with Gasteiger partial charge in [-0.15, -0.1) is 0 Å². The quantitative estimate of drug-likeness (QED) is 0.558. The van der Waals surface area contributed by atoms with E-state index < -0.39 is 18.2 Å². The van der Waals surface area contributed by atoms with Gasteiger partial charge in [0.25, 0.3) is 0 Å². The van der Waals surface area contributed by atoms with E-state index in [1.807, 2.05) is 24.1 Å². The van der Waals surface area contributed by atoms with Crippen molar-refractivity contribution in [1.29, 1.82) is 0 Å².